The molecule has 0 N–H and O–H groups in total. The average molecular weight is 414 g/mol. The van der Waals surface area contributed by atoms with E-state index in [1.54, 1.807) is 18.3 Å². The second-order valence-corrected chi connectivity index (χ2v) is 10.1. The molecule has 0 saturated carbocycles. The third-order valence-electron chi connectivity index (χ3n) is 5.06. The van der Waals surface area contributed by atoms with E-state index in [2.05, 4.69) is 40.6 Å². The molecule has 2 aromatic carbocycles. The molecule has 5 nitrogen and oxygen atoms in total. The maximum Gasteiger partial charge on any atom is 0.234 e. The number of benzene rings is 2. The van der Waals surface area contributed by atoms with Crippen LogP contribution in [0.15, 0.2) is 47.8 Å². The van der Waals surface area contributed by atoms with E-state index in [4.69, 9.17) is 4.98 Å². The van der Waals surface area contributed by atoms with Crippen molar-refractivity contribution in [1.29, 1.82) is 0 Å². The van der Waals surface area contributed by atoms with E-state index in [0.717, 1.165) is 45.2 Å². The monoisotopic (exact) mass is 413 g/mol. The highest BCUT2D eigenvalue weighted by atomic mass is 32.2. The number of rotatable bonds is 5. The zero-order valence-corrected chi connectivity index (χ0v) is 17.8. The zero-order valence-electron chi connectivity index (χ0n) is 16.2. The Morgan fingerprint density at radius 2 is 1.82 bits per heavy atom. The largest absolute Gasteiger partial charge is 0.378 e. The number of hydrogen-bond donors (Lipinski definition) is 0. The Morgan fingerprint density at radius 3 is 2.50 bits per heavy atom. The number of hydrogen-bond acceptors (Lipinski definition) is 5. The lowest BCUT2D eigenvalue weighted by Gasteiger charge is -2.18. The van der Waals surface area contributed by atoms with E-state index in [1.807, 2.05) is 26.2 Å². The standard InChI is InChI=1S/C21H23N3O2S2/c1-4-28(25,26)24-12-11-17-13-16(7-10-20(17)24)19-14-27-21(22-19)15-5-8-18(9-6-15)23(2)3/h5-10,13-14H,4,11-12H2,1-3H3. The van der Waals surface area contributed by atoms with Gasteiger partial charge in [0.25, 0.3) is 0 Å². The predicted octanol–water partition coefficient (Wildman–Crippen LogP) is 4.26. The Balaban J connectivity index is 1.62. The molecular formula is C21H23N3O2S2. The Bertz CT molecular complexity index is 1100. The van der Waals surface area contributed by atoms with Crippen LogP contribution >= 0.6 is 11.3 Å². The van der Waals surface area contributed by atoms with Crippen molar-refractivity contribution >= 4 is 32.7 Å². The molecule has 0 atom stereocenters. The summed E-state index contributed by atoms with van der Waals surface area (Å²) in [6.45, 7) is 2.21. The average Bonchev–Trinajstić information content (AvgIpc) is 3.35. The molecule has 1 aliphatic heterocycles. The quantitative estimate of drug-likeness (QED) is 0.627. The molecule has 0 amide bonds. The summed E-state index contributed by atoms with van der Waals surface area (Å²) in [4.78, 5) is 6.88. The lowest BCUT2D eigenvalue weighted by molar-refractivity contribution is 0.593. The molecule has 3 aromatic rings. The third kappa shape index (κ3) is 3.40. The fourth-order valence-electron chi connectivity index (χ4n) is 3.42. The summed E-state index contributed by atoms with van der Waals surface area (Å²) >= 11 is 1.62. The lowest BCUT2D eigenvalue weighted by atomic mass is 10.1. The molecule has 7 heteroatoms. The maximum absolute atomic E-state index is 12.3. The van der Waals surface area contributed by atoms with Crippen LogP contribution in [0.1, 0.15) is 12.5 Å². The van der Waals surface area contributed by atoms with Crippen LogP contribution in [0, 0.1) is 0 Å². The molecule has 0 unspecified atom stereocenters. The van der Waals surface area contributed by atoms with E-state index < -0.39 is 10.0 Å². The van der Waals surface area contributed by atoms with Gasteiger partial charge in [0.15, 0.2) is 0 Å². The minimum Gasteiger partial charge on any atom is -0.378 e. The van der Waals surface area contributed by atoms with Gasteiger partial charge in [-0.3, -0.25) is 4.31 Å². The molecule has 0 bridgehead atoms. The van der Waals surface area contributed by atoms with Gasteiger partial charge in [-0.2, -0.15) is 0 Å². The van der Waals surface area contributed by atoms with E-state index in [9.17, 15) is 8.42 Å². The number of nitrogens with zero attached hydrogens (tertiary/aromatic N) is 3. The lowest BCUT2D eigenvalue weighted by Crippen LogP contribution is -2.30. The first-order valence-electron chi connectivity index (χ1n) is 9.26. The molecule has 0 fully saturated rings. The van der Waals surface area contributed by atoms with E-state index in [0.29, 0.717) is 6.54 Å². The summed E-state index contributed by atoms with van der Waals surface area (Å²) in [5, 5.41) is 3.04. The Morgan fingerprint density at radius 1 is 1.11 bits per heavy atom. The zero-order chi connectivity index (χ0) is 19.9. The molecular weight excluding hydrogens is 390 g/mol. The number of sulfonamides is 1. The number of thiazole rings is 1. The summed E-state index contributed by atoms with van der Waals surface area (Å²) in [6, 6.07) is 14.3. The van der Waals surface area contributed by atoms with Gasteiger partial charge < -0.3 is 4.90 Å². The van der Waals surface area contributed by atoms with Crippen molar-refractivity contribution in [1.82, 2.24) is 4.98 Å². The van der Waals surface area contributed by atoms with Crippen LogP contribution in [-0.2, 0) is 16.4 Å². The van der Waals surface area contributed by atoms with Crippen LogP contribution in [0.4, 0.5) is 11.4 Å². The summed E-state index contributed by atoms with van der Waals surface area (Å²) < 4.78 is 26.0. The minimum atomic E-state index is -3.21. The summed E-state index contributed by atoms with van der Waals surface area (Å²) in [7, 11) is 0.836. The van der Waals surface area contributed by atoms with Crippen molar-refractivity contribution in [3.8, 4) is 21.8 Å². The fraction of sp³-hybridized carbons (Fsp3) is 0.286. The third-order valence-corrected chi connectivity index (χ3v) is 7.74. The second kappa shape index (κ2) is 7.22. The van der Waals surface area contributed by atoms with Gasteiger partial charge in [-0.25, -0.2) is 13.4 Å². The van der Waals surface area contributed by atoms with Crippen LogP contribution in [0.5, 0.6) is 0 Å². The first-order valence-corrected chi connectivity index (χ1v) is 11.7. The first-order chi connectivity index (χ1) is 13.4. The first kappa shape index (κ1) is 19.0. The smallest absolute Gasteiger partial charge is 0.234 e. The van der Waals surface area contributed by atoms with Crippen LogP contribution in [-0.4, -0.2) is 39.8 Å². The predicted molar refractivity (Wildman–Crippen MR) is 118 cm³/mol. The molecule has 1 aromatic heterocycles. The summed E-state index contributed by atoms with van der Waals surface area (Å²) in [5.41, 5.74) is 6.09. The van der Waals surface area contributed by atoms with Crippen molar-refractivity contribution in [3.63, 3.8) is 0 Å². The summed E-state index contributed by atoms with van der Waals surface area (Å²) in [6.07, 6.45) is 0.741. The van der Waals surface area contributed by atoms with Gasteiger partial charge in [0, 0.05) is 42.8 Å². The van der Waals surface area contributed by atoms with Crippen molar-refractivity contribution in [3.05, 3.63) is 53.4 Å². The minimum absolute atomic E-state index is 0.121. The van der Waals surface area contributed by atoms with Gasteiger partial charge >= 0.3 is 0 Å². The number of aromatic nitrogens is 1. The van der Waals surface area contributed by atoms with Gasteiger partial charge in [-0.05, 0) is 55.3 Å². The van der Waals surface area contributed by atoms with Crippen LogP contribution < -0.4 is 9.21 Å². The van der Waals surface area contributed by atoms with Crippen LogP contribution in [0.2, 0.25) is 0 Å². The molecule has 1 aliphatic rings. The van der Waals surface area contributed by atoms with Crippen LogP contribution in [0.3, 0.4) is 0 Å². The molecule has 0 radical (unpaired) electrons. The summed E-state index contributed by atoms with van der Waals surface area (Å²) in [5.74, 6) is 0.121. The van der Waals surface area contributed by atoms with Gasteiger partial charge in [-0.1, -0.05) is 6.07 Å². The second-order valence-electron chi connectivity index (χ2n) is 7.05. The van der Waals surface area contributed by atoms with Gasteiger partial charge in [0.05, 0.1) is 17.1 Å². The molecule has 28 heavy (non-hydrogen) atoms. The highest BCUT2D eigenvalue weighted by molar-refractivity contribution is 7.92. The van der Waals surface area contributed by atoms with Crippen molar-refractivity contribution in [2.45, 2.75) is 13.3 Å². The van der Waals surface area contributed by atoms with Crippen molar-refractivity contribution < 1.29 is 8.42 Å². The van der Waals surface area contributed by atoms with Gasteiger partial charge in [0.1, 0.15) is 5.01 Å². The van der Waals surface area contributed by atoms with E-state index >= 15 is 0 Å². The van der Waals surface area contributed by atoms with Crippen molar-refractivity contribution in [2.24, 2.45) is 0 Å². The van der Waals surface area contributed by atoms with Gasteiger partial charge in [0.2, 0.25) is 10.0 Å². The highest BCUT2D eigenvalue weighted by Gasteiger charge is 2.28. The van der Waals surface area contributed by atoms with E-state index in [-0.39, 0.29) is 5.75 Å². The number of anilines is 2. The molecule has 0 aliphatic carbocycles. The topological polar surface area (TPSA) is 53.5 Å². The molecule has 4 rings (SSSR count). The van der Waals surface area contributed by atoms with Gasteiger partial charge in [-0.15, -0.1) is 11.3 Å². The normalized spacial score (nSPS) is 13.6. The number of fused-ring (bicyclic) bond motifs is 1. The maximum atomic E-state index is 12.3. The molecule has 0 saturated heterocycles. The van der Waals surface area contributed by atoms with Crippen molar-refractivity contribution in [2.75, 3.05) is 35.6 Å². The Labute approximate surface area is 170 Å². The van der Waals surface area contributed by atoms with Crippen LogP contribution in [0.25, 0.3) is 21.8 Å². The van der Waals surface area contributed by atoms with E-state index in [1.165, 1.54) is 4.31 Å². The Hall–Kier alpha value is -2.38. The highest BCUT2D eigenvalue weighted by Crippen LogP contribution is 2.35. The molecule has 0 spiro atoms. The fourth-order valence-corrected chi connectivity index (χ4v) is 5.41. The molecule has 146 valence electrons. The Kier molecular flexibility index (Phi) is 4.89. The SMILES string of the molecule is CCS(=O)(=O)N1CCc2cc(-c3csc(-c4ccc(N(C)C)cc4)n3)ccc21. The molecule has 2 heterocycles.